The molecule has 1 aromatic rings. The standard InChI is InChI=1S/C18H32N2O/c1-7-9-14(3)21-17-12-15(13-19-18(4,5)6)11-16(20-17)10-8-2/h11-12,14,19H,7-10,13H2,1-6H3. The highest BCUT2D eigenvalue weighted by Gasteiger charge is 2.11. The van der Waals surface area contributed by atoms with Crippen LogP contribution in [0.4, 0.5) is 0 Å². The van der Waals surface area contributed by atoms with Crippen LogP contribution in [-0.2, 0) is 13.0 Å². The van der Waals surface area contributed by atoms with Crippen LogP contribution in [0.25, 0.3) is 0 Å². The molecule has 0 aliphatic rings. The summed E-state index contributed by atoms with van der Waals surface area (Å²) in [5.74, 6) is 0.771. The SMILES string of the molecule is CCCc1cc(CNC(C)(C)C)cc(OC(C)CCC)n1. The second-order valence-corrected chi connectivity index (χ2v) is 6.88. The van der Waals surface area contributed by atoms with E-state index in [0.29, 0.717) is 0 Å². The molecule has 1 N–H and O–H groups in total. The Bertz CT molecular complexity index is 424. The van der Waals surface area contributed by atoms with Crippen molar-refractivity contribution < 1.29 is 4.74 Å². The van der Waals surface area contributed by atoms with Gasteiger partial charge in [-0.25, -0.2) is 4.98 Å². The number of nitrogens with zero attached hydrogens (tertiary/aromatic N) is 1. The van der Waals surface area contributed by atoms with Crippen LogP contribution in [0.2, 0.25) is 0 Å². The van der Waals surface area contributed by atoms with Gasteiger partial charge in [-0.3, -0.25) is 0 Å². The molecule has 3 nitrogen and oxygen atoms in total. The molecule has 21 heavy (non-hydrogen) atoms. The van der Waals surface area contributed by atoms with Crippen molar-refractivity contribution in [1.29, 1.82) is 0 Å². The zero-order valence-corrected chi connectivity index (χ0v) is 14.6. The minimum atomic E-state index is 0.116. The van der Waals surface area contributed by atoms with Gasteiger partial charge in [-0.05, 0) is 52.2 Å². The van der Waals surface area contributed by atoms with Gasteiger partial charge in [-0.2, -0.15) is 0 Å². The third kappa shape index (κ3) is 7.47. The van der Waals surface area contributed by atoms with Gasteiger partial charge in [0.15, 0.2) is 0 Å². The van der Waals surface area contributed by atoms with Gasteiger partial charge in [-0.1, -0.05) is 26.7 Å². The second-order valence-electron chi connectivity index (χ2n) is 6.88. The van der Waals surface area contributed by atoms with E-state index in [-0.39, 0.29) is 11.6 Å². The topological polar surface area (TPSA) is 34.1 Å². The molecular weight excluding hydrogens is 260 g/mol. The lowest BCUT2D eigenvalue weighted by molar-refractivity contribution is 0.200. The molecule has 120 valence electrons. The third-order valence-corrected chi connectivity index (χ3v) is 3.26. The van der Waals surface area contributed by atoms with Crippen LogP contribution in [0.3, 0.4) is 0 Å². The first-order chi connectivity index (χ1) is 9.84. The molecule has 0 fully saturated rings. The number of rotatable bonds is 8. The van der Waals surface area contributed by atoms with Crippen LogP contribution < -0.4 is 10.1 Å². The Balaban J connectivity index is 2.84. The lowest BCUT2D eigenvalue weighted by atomic mass is 10.1. The largest absolute Gasteiger partial charge is 0.475 e. The summed E-state index contributed by atoms with van der Waals surface area (Å²) in [6, 6.07) is 4.27. The second kappa shape index (κ2) is 8.38. The predicted octanol–water partition coefficient (Wildman–Crippen LogP) is 4.49. The van der Waals surface area contributed by atoms with Crippen LogP contribution in [0, 0.1) is 0 Å². The summed E-state index contributed by atoms with van der Waals surface area (Å²) < 4.78 is 5.98. The number of hydrogen-bond donors (Lipinski definition) is 1. The van der Waals surface area contributed by atoms with Crippen LogP contribution in [-0.4, -0.2) is 16.6 Å². The van der Waals surface area contributed by atoms with Crippen molar-refractivity contribution >= 4 is 0 Å². The van der Waals surface area contributed by atoms with E-state index in [4.69, 9.17) is 4.74 Å². The quantitative estimate of drug-likeness (QED) is 0.766. The summed E-state index contributed by atoms with van der Waals surface area (Å²) in [6.07, 6.45) is 4.53. The third-order valence-electron chi connectivity index (χ3n) is 3.26. The Kier molecular flexibility index (Phi) is 7.16. The number of aryl methyl sites for hydroxylation is 1. The van der Waals surface area contributed by atoms with Crippen molar-refractivity contribution in [2.45, 2.75) is 85.4 Å². The van der Waals surface area contributed by atoms with Gasteiger partial charge in [0.25, 0.3) is 0 Å². The Hall–Kier alpha value is -1.09. The van der Waals surface area contributed by atoms with Crippen molar-refractivity contribution in [3.8, 4) is 5.88 Å². The highest BCUT2D eigenvalue weighted by Crippen LogP contribution is 2.17. The molecule has 0 radical (unpaired) electrons. The average Bonchev–Trinajstić information content (AvgIpc) is 2.36. The smallest absolute Gasteiger partial charge is 0.214 e. The van der Waals surface area contributed by atoms with Crippen molar-refractivity contribution in [2.24, 2.45) is 0 Å². The lowest BCUT2D eigenvalue weighted by Crippen LogP contribution is -2.35. The van der Waals surface area contributed by atoms with Gasteiger partial charge in [0, 0.05) is 23.8 Å². The Morgan fingerprint density at radius 2 is 1.90 bits per heavy atom. The van der Waals surface area contributed by atoms with E-state index in [1.54, 1.807) is 0 Å². The molecule has 1 aromatic heterocycles. The molecule has 0 saturated carbocycles. The maximum absolute atomic E-state index is 5.98. The minimum Gasteiger partial charge on any atom is -0.475 e. The summed E-state index contributed by atoms with van der Waals surface area (Å²) in [5, 5.41) is 3.53. The lowest BCUT2D eigenvalue weighted by Gasteiger charge is -2.21. The highest BCUT2D eigenvalue weighted by atomic mass is 16.5. The minimum absolute atomic E-state index is 0.116. The van der Waals surface area contributed by atoms with Crippen LogP contribution in [0.5, 0.6) is 5.88 Å². The van der Waals surface area contributed by atoms with Crippen LogP contribution >= 0.6 is 0 Å². The Labute approximate surface area is 130 Å². The number of pyridine rings is 1. The molecule has 0 aliphatic heterocycles. The molecule has 1 heterocycles. The zero-order chi connectivity index (χ0) is 15.9. The van der Waals surface area contributed by atoms with E-state index >= 15 is 0 Å². The van der Waals surface area contributed by atoms with E-state index in [2.05, 4.69) is 64.0 Å². The van der Waals surface area contributed by atoms with E-state index in [1.165, 1.54) is 5.56 Å². The monoisotopic (exact) mass is 292 g/mol. The van der Waals surface area contributed by atoms with Crippen molar-refractivity contribution in [3.63, 3.8) is 0 Å². The molecule has 0 amide bonds. The molecule has 0 saturated heterocycles. The summed E-state index contributed by atoms with van der Waals surface area (Å²) in [7, 11) is 0. The van der Waals surface area contributed by atoms with Gasteiger partial charge in [0.1, 0.15) is 0 Å². The highest BCUT2D eigenvalue weighted by molar-refractivity contribution is 5.25. The van der Waals surface area contributed by atoms with Crippen LogP contribution in [0.1, 0.15) is 72.1 Å². The molecule has 0 aliphatic carbocycles. The number of nitrogens with one attached hydrogen (secondary N) is 1. The summed E-state index contributed by atoms with van der Waals surface area (Å²) >= 11 is 0. The number of ether oxygens (including phenoxy) is 1. The molecule has 0 bridgehead atoms. The normalized spacial score (nSPS) is 13.2. The average molecular weight is 292 g/mol. The van der Waals surface area contributed by atoms with Gasteiger partial charge < -0.3 is 10.1 Å². The summed E-state index contributed by atoms with van der Waals surface area (Å²) in [5.41, 5.74) is 2.50. The summed E-state index contributed by atoms with van der Waals surface area (Å²) in [4.78, 5) is 4.64. The van der Waals surface area contributed by atoms with Crippen LogP contribution in [0.15, 0.2) is 12.1 Å². The first-order valence-electron chi connectivity index (χ1n) is 8.25. The van der Waals surface area contributed by atoms with E-state index in [1.807, 2.05) is 0 Å². The summed E-state index contributed by atoms with van der Waals surface area (Å²) in [6.45, 7) is 13.9. The maximum Gasteiger partial charge on any atom is 0.214 e. The van der Waals surface area contributed by atoms with Crippen molar-refractivity contribution in [3.05, 3.63) is 23.4 Å². The molecular formula is C18H32N2O. The molecule has 0 spiro atoms. The number of hydrogen-bond acceptors (Lipinski definition) is 3. The fourth-order valence-electron chi connectivity index (χ4n) is 2.21. The van der Waals surface area contributed by atoms with E-state index in [9.17, 15) is 0 Å². The van der Waals surface area contributed by atoms with Crippen molar-refractivity contribution in [2.75, 3.05) is 0 Å². The van der Waals surface area contributed by atoms with Gasteiger partial charge in [0.2, 0.25) is 5.88 Å². The molecule has 3 heteroatoms. The molecule has 1 unspecified atom stereocenters. The van der Waals surface area contributed by atoms with E-state index < -0.39 is 0 Å². The first kappa shape index (κ1) is 18.0. The van der Waals surface area contributed by atoms with E-state index in [0.717, 1.165) is 43.8 Å². The zero-order valence-electron chi connectivity index (χ0n) is 14.6. The number of aromatic nitrogens is 1. The van der Waals surface area contributed by atoms with Gasteiger partial charge >= 0.3 is 0 Å². The Morgan fingerprint density at radius 3 is 2.48 bits per heavy atom. The molecule has 0 aromatic carbocycles. The Morgan fingerprint density at radius 1 is 1.19 bits per heavy atom. The van der Waals surface area contributed by atoms with Gasteiger partial charge in [-0.15, -0.1) is 0 Å². The predicted molar refractivity (Wildman–Crippen MR) is 89.8 cm³/mol. The van der Waals surface area contributed by atoms with Crippen molar-refractivity contribution in [1.82, 2.24) is 10.3 Å². The maximum atomic E-state index is 5.98. The first-order valence-corrected chi connectivity index (χ1v) is 8.25. The fourth-order valence-corrected chi connectivity index (χ4v) is 2.21. The fraction of sp³-hybridized carbons (Fsp3) is 0.722. The van der Waals surface area contributed by atoms with Gasteiger partial charge in [0.05, 0.1) is 6.10 Å². The molecule has 1 rings (SSSR count). The molecule has 1 atom stereocenters.